The molecule has 0 aliphatic heterocycles. The number of amides is 4. The SMILES string of the molecule is C[C@H](N)C(=O)N[C@@H](CO)C(=O)N[C@@H](Cc1ccccc1)C(=O)N[C@@H](CC(N)=O)C(=O)O. The molecular formula is C19H27N5O7. The van der Waals surface area contributed by atoms with E-state index in [1.807, 2.05) is 0 Å². The number of aliphatic hydroxyl groups is 1. The van der Waals surface area contributed by atoms with Crippen molar-refractivity contribution < 1.29 is 34.2 Å². The highest BCUT2D eigenvalue weighted by atomic mass is 16.4. The van der Waals surface area contributed by atoms with Gasteiger partial charge in [-0.15, -0.1) is 0 Å². The van der Waals surface area contributed by atoms with Gasteiger partial charge in [0.15, 0.2) is 0 Å². The van der Waals surface area contributed by atoms with Gasteiger partial charge in [0.2, 0.25) is 23.6 Å². The Hall–Kier alpha value is -3.51. The fraction of sp³-hybridized carbons (Fsp3) is 0.421. The van der Waals surface area contributed by atoms with Crippen molar-refractivity contribution in [2.45, 2.75) is 43.9 Å². The number of rotatable bonds is 12. The molecule has 4 amide bonds. The molecule has 1 aromatic rings. The van der Waals surface area contributed by atoms with E-state index in [1.54, 1.807) is 30.3 Å². The Morgan fingerprint density at radius 3 is 1.90 bits per heavy atom. The van der Waals surface area contributed by atoms with Crippen molar-refractivity contribution in [1.82, 2.24) is 16.0 Å². The van der Waals surface area contributed by atoms with Crippen LogP contribution in [0.2, 0.25) is 0 Å². The number of hydrogen-bond acceptors (Lipinski definition) is 7. The van der Waals surface area contributed by atoms with Crippen LogP contribution >= 0.6 is 0 Å². The average molecular weight is 437 g/mol. The van der Waals surface area contributed by atoms with Crippen LogP contribution in [0.25, 0.3) is 0 Å². The minimum absolute atomic E-state index is 0.0271. The summed E-state index contributed by atoms with van der Waals surface area (Å²) in [4.78, 5) is 59.4. The van der Waals surface area contributed by atoms with Gasteiger partial charge < -0.3 is 37.6 Å². The summed E-state index contributed by atoms with van der Waals surface area (Å²) in [6.07, 6.45) is -0.669. The van der Waals surface area contributed by atoms with Gasteiger partial charge in [0, 0.05) is 6.42 Å². The number of hydrogen-bond donors (Lipinski definition) is 7. The number of benzene rings is 1. The molecule has 4 atom stereocenters. The highest BCUT2D eigenvalue weighted by Crippen LogP contribution is 2.05. The summed E-state index contributed by atoms with van der Waals surface area (Å²) in [7, 11) is 0. The molecule has 9 N–H and O–H groups in total. The second kappa shape index (κ2) is 12.2. The Labute approximate surface area is 178 Å². The number of nitrogens with one attached hydrogen (secondary N) is 3. The van der Waals surface area contributed by atoms with Gasteiger partial charge >= 0.3 is 5.97 Å². The number of carboxylic acids is 1. The summed E-state index contributed by atoms with van der Waals surface area (Å²) in [6, 6.07) is 3.35. The smallest absolute Gasteiger partial charge is 0.326 e. The van der Waals surface area contributed by atoms with Gasteiger partial charge in [0.1, 0.15) is 18.1 Å². The lowest BCUT2D eigenvalue weighted by Crippen LogP contribution is -2.58. The summed E-state index contributed by atoms with van der Waals surface area (Å²) in [5, 5.41) is 25.4. The maximum atomic E-state index is 12.7. The minimum atomic E-state index is -1.59. The molecule has 0 saturated heterocycles. The zero-order valence-electron chi connectivity index (χ0n) is 16.9. The van der Waals surface area contributed by atoms with E-state index in [0.29, 0.717) is 5.56 Å². The van der Waals surface area contributed by atoms with Crippen LogP contribution in [0.15, 0.2) is 30.3 Å². The largest absolute Gasteiger partial charge is 0.480 e. The molecule has 0 heterocycles. The first-order valence-corrected chi connectivity index (χ1v) is 9.37. The van der Waals surface area contributed by atoms with E-state index >= 15 is 0 Å². The summed E-state index contributed by atoms with van der Waals surface area (Å²) < 4.78 is 0. The van der Waals surface area contributed by atoms with Crippen molar-refractivity contribution in [1.29, 1.82) is 0 Å². The number of aliphatic carboxylic acids is 1. The van der Waals surface area contributed by atoms with Crippen LogP contribution in [0.3, 0.4) is 0 Å². The lowest BCUT2D eigenvalue weighted by atomic mass is 10.0. The first-order valence-electron chi connectivity index (χ1n) is 9.37. The fourth-order valence-electron chi connectivity index (χ4n) is 2.50. The number of carbonyl (C=O) groups excluding carboxylic acids is 4. The first kappa shape index (κ1) is 25.5. The van der Waals surface area contributed by atoms with Crippen molar-refractivity contribution in [2.75, 3.05) is 6.61 Å². The number of carboxylic acid groups (broad SMARTS) is 1. The van der Waals surface area contributed by atoms with Gasteiger partial charge in [0.25, 0.3) is 0 Å². The van der Waals surface area contributed by atoms with Crippen LogP contribution in [0.5, 0.6) is 0 Å². The molecule has 12 heteroatoms. The monoisotopic (exact) mass is 437 g/mol. The first-order chi connectivity index (χ1) is 14.5. The predicted molar refractivity (Wildman–Crippen MR) is 108 cm³/mol. The van der Waals surface area contributed by atoms with Gasteiger partial charge in [-0.1, -0.05) is 30.3 Å². The molecule has 0 bridgehead atoms. The predicted octanol–water partition coefficient (Wildman–Crippen LogP) is -3.02. The molecule has 0 fully saturated rings. The quantitative estimate of drug-likeness (QED) is 0.178. The Bertz CT molecular complexity index is 800. The molecule has 170 valence electrons. The molecule has 12 nitrogen and oxygen atoms in total. The van der Waals surface area contributed by atoms with Gasteiger partial charge in [-0.2, -0.15) is 0 Å². The molecule has 0 saturated carbocycles. The number of aliphatic hydroxyl groups excluding tert-OH is 1. The van der Waals surface area contributed by atoms with E-state index in [0.717, 1.165) is 0 Å². The average Bonchev–Trinajstić information content (AvgIpc) is 2.70. The normalized spacial score (nSPS) is 14.4. The Morgan fingerprint density at radius 2 is 1.42 bits per heavy atom. The van der Waals surface area contributed by atoms with Crippen molar-refractivity contribution in [3.8, 4) is 0 Å². The van der Waals surface area contributed by atoms with E-state index < -0.39 is 66.8 Å². The van der Waals surface area contributed by atoms with Crippen LogP contribution in [-0.4, -0.2) is 70.6 Å². The molecule has 0 spiro atoms. The van der Waals surface area contributed by atoms with Crippen molar-refractivity contribution in [3.63, 3.8) is 0 Å². The topological polar surface area (TPSA) is 214 Å². The van der Waals surface area contributed by atoms with E-state index in [4.69, 9.17) is 11.5 Å². The maximum absolute atomic E-state index is 12.7. The van der Waals surface area contributed by atoms with Gasteiger partial charge in [-0.25, -0.2) is 4.79 Å². The maximum Gasteiger partial charge on any atom is 0.326 e. The van der Waals surface area contributed by atoms with Crippen LogP contribution < -0.4 is 27.4 Å². The lowest BCUT2D eigenvalue weighted by Gasteiger charge is -2.24. The molecule has 0 radical (unpaired) electrons. The Morgan fingerprint density at radius 1 is 0.903 bits per heavy atom. The molecule has 0 aliphatic rings. The van der Waals surface area contributed by atoms with Crippen molar-refractivity contribution in [2.24, 2.45) is 11.5 Å². The van der Waals surface area contributed by atoms with Gasteiger partial charge in [0.05, 0.1) is 19.1 Å². The van der Waals surface area contributed by atoms with Crippen LogP contribution in [0.4, 0.5) is 0 Å². The van der Waals surface area contributed by atoms with E-state index in [1.165, 1.54) is 6.92 Å². The zero-order valence-corrected chi connectivity index (χ0v) is 16.9. The highest BCUT2D eigenvalue weighted by Gasteiger charge is 2.30. The number of primary amides is 1. The third kappa shape index (κ3) is 8.80. The summed E-state index contributed by atoms with van der Waals surface area (Å²) >= 11 is 0. The van der Waals surface area contributed by atoms with Crippen molar-refractivity contribution >= 4 is 29.6 Å². The molecule has 1 aromatic carbocycles. The summed E-state index contributed by atoms with van der Waals surface area (Å²) in [5.74, 6) is -4.87. The Kier molecular flexibility index (Phi) is 10.1. The molecular weight excluding hydrogens is 410 g/mol. The van der Waals surface area contributed by atoms with Crippen LogP contribution in [-0.2, 0) is 30.4 Å². The van der Waals surface area contributed by atoms with E-state index in [2.05, 4.69) is 16.0 Å². The second-order valence-corrected chi connectivity index (χ2v) is 6.85. The zero-order chi connectivity index (χ0) is 23.6. The fourth-order valence-corrected chi connectivity index (χ4v) is 2.50. The van der Waals surface area contributed by atoms with Crippen molar-refractivity contribution in [3.05, 3.63) is 35.9 Å². The molecule has 1 rings (SSSR count). The standard InChI is InChI=1S/C19H27N5O7/c1-10(20)16(27)24-14(9-25)18(29)22-12(7-11-5-3-2-4-6-11)17(28)23-13(19(30)31)8-15(21)26/h2-6,10,12-14,25H,7-9,20H2,1H3,(H2,21,26)(H,22,29)(H,23,28)(H,24,27)(H,30,31)/t10-,12-,13-,14-/m0/s1. The molecule has 0 unspecified atom stereocenters. The van der Waals surface area contributed by atoms with E-state index in [-0.39, 0.29) is 6.42 Å². The third-order valence-corrected chi connectivity index (χ3v) is 4.16. The highest BCUT2D eigenvalue weighted by molar-refractivity contribution is 5.95. The minimum Gasteiger partial charge on any atom is -0.480 e. The van der Waals surface area contributed by atoms with Crippen LogP contribution in [0.1, 0.15) is 18.9 Å². The molecule has 31 heavy (non-hydrogen) atoms. The number of nitrogens with two attached hydrogens (primary N) is 2. The van der Waals surface area contributed by atoms with Crippen LogP contribution in [0, 0.1) is 0 Å². The summed E-state index contributed by atoms with van der Waals surface area (Å²) in [6.45, 7) is 0.626. The molecule has 0 aliphatic carbocycles. The third-order valence-electron chi connectivity index (χ3n) is 4.16. The molecule has 0 aromatic heterocycles. The Balaban J connectivity index is 3.03. The number of carbonyl (C=O) groups is 5. The van der Waals surface area contributed by atoms with E-state index in [9.17, 15) is 34.2 Å². The second-order valence-electron chi connectivity index (χ2n) is 6.85. The lowest BCUT2D eigenvalue weighted by molar-refractivity contribution is -0.143. The van der Waals surface area contributed by atoms with Gasteiger partial charge in [-0.05, 0) is 12.5 Å². The van der Waals surface area contributed by atoms with Gasteiger partial charge in [-0.3, -0.25) is 19.2 Å². The summed E-state index contributed by atoms with van der Waals surface area (Å²) in [5.41, 5.74) is 11.1.